The van der Waals surface area contributed by atoms with Crippen molar-refractivity contribution in [1.82, 2.24) is 0 Å². The van der Waals surface area contributed by atoms with Crippen LogP contribution in [-0.2, 0) is 0 Å². The minimum atomic E-state index is -2.48. The maximum Gasteiger partial charge on any atom is 0.275 e. The van der Waals surface area contributed by atoms with Gasteiger partial charge in [0.1, 0.15) is 0 Å². The van der Waals surface area contributed by atoms with Crippen LogP contribution in [0.1, 0.15) is 70.6 Å². The Morgan fingerprint density at radius 3 is 1.24 bits per heavy atom. The largest absolute Gasteiger partial charge is 0.396 e. The summed E-state index contributed by atoms with van der Waals surface area (Å²) in [5.74, 6) is -2.48. The number of rotatable bonds is 12. The molecule has 0 rings (SSSR count). The molecule has 0 aliphatic rings. The molecule has 4 nitrogen and oxygen atoms in total. The lowest BCUT2D eigenvalue weighted by atomic mass is 10.1. The fraction of sp³-hybridized carbons (Fsp3) is 1.00. The van der Waals surface area contributed by atoms with Gasteiger partial charge in [-0.3, -0.25) is 0 Å². The summed E-state index contributed by atoms with van der Waals surface area (Å²) in [4.78, 5) is 0. The second-order valence-electron chi connectivity index (χ2n) is 4.78. The van der Waals surface area contributed by atoms with Crippen LogP contribution in [0.3, 0.4) is 0 Å². The Morgan fingerprint density at radius 2 is 0.882 bits per heavy atom. The van der Waals surface area contributed by atoms with Crippen molar-refractivity contribution in [2.24, 2.45) is 0 Å². The maximum atomic E-state index is 8.65. The van der Waals surface area contributed by atoms with E-state index >= 15 is 0 Å². The van der Waals surface area contributed by atoms with Crippen LogP contribution in [0.15, 0.2) is 0 Å². The third kappa shape index (κ3) is 15.8. The molecule has 0 spiro atoms. The van der Waals surface area contributed by atoms with Gasteiger partial charge < -0.3 is 20.4 Å². The van der Waals surface area contributed by atoms with Crippen LogP contribution in [0, 0.1) is 0 Å². The Balaban J connectivity index is 2.99. The van der Waals surface area contributed by atoms with Gasteiger partial charge in [0.25, 0.3) is 5.97 Å². The van der Waals surface area contributed by atoms with Crippen molar-refractivity contribution in [3.63, 3.8) is 0 Å². The topological polar surface area (TPSA) is 80.9 Å². The minimum absolute atomic E-state index is 0.0359. The van der Waals surface area contributed by atoms with Gasteiger partial charge in [-0.2, -0.15) is 0 Å². The second kappa shape index (κ2) is 11.0. The molecule has 0 unspecified atom stereocenters. The molecule has 4 N–H and O–H groups in total. The highest BCUT2D eigenvalue weighted by Crippen LogP contribution is 2.13. The van der Waals surface area contributed by atoms with Crippen molar-refractivity contribution in [2.45, 2.75) is 76.6 Å². The van der Waals surface area contributed by atoms with Crippen LogP contribution in [-0.4, -0.2) is 33.0 Å². The Labute approximate surface area is 104 Å². The average molecular weight is 248 g/mol. The SMILES string of the molecule is OCCCCCCCCCCCCC(O)(O)O. The van der Waals surface area contributed by atoms with Crippen molar-refractivity contribution in [3.05, 3.63) is 0 Å². The molecule has 0 aliphatic carbocycles. The predicted molar refractivity (Wildman–Crippen MR) is 67.3 cm³/mol. The molecule has 0 bridgehead atoms. The molecule has 0 radical (unpaired) electrons. The van der Waals surface area contributed by atoms with Gasteiger partial charge in [-0.15, -0.1) is 0 Å². The lowest BCUT2D eigenvalue weighted by Crippen LogP contribution is -2.26. The first kappa shape index (κ1) is 16.8. The molecule has 0 atom stereocenters. The van der Waals surface area contributed by atoms with Crippen molar-refractivity contribution in [2.75, 3.05) is 6.61 Å². The maximum absolute atomic E-state index is 8.65. The Hall–Kier alpha value is -0.160. The molecule has 0 amide bonds. The van der Waals surface area contributed by atoms with E-state index in [4.69, 9.17) is 20.4 Å². The minimum Gasteiger partial charge on any atom is -0.396 e. The first-order valence-electron chi connectivity index (χ1n) is 6.84. The summed E-state index contributed by atoms with van der Waals surface area (Å²) in [6, 6.07) is 0. The van der Waals surface area contributed by atoms with Crippen LogP contribution >= 0.6 is 0 Å². The number of hydrogen-bond donors (Lipinski definition) is 4. The summed E-state index contributed by atoms with van der Waals surface area (Å²) in [6.45, 7) is 0.308. The Kier molecular flexibility index (Phi) is 10.9. The molecule has 4 heteroatoms. The smallest absolute Gasteiger partial charge is 0.275 e. The average Bonchev–Trinajstić information content (AvgIpc) is 2.24. The number of hydrogen-bond acceptors (Lipinski definition) is 4. The molecule has 104 valence electrons. The summed E-state index contributed by atoms with van der Waals surface area (Å²) >= 11 is 0. The summed E-state index contributed by atoms with van der Waals surface area (Å²) in [7, 11) is 0. The van der Waals surface area contributed by atoms with Crippen molar-refractivity contribution >= 4 is 0 Å². The van der Waals surface area contributed by atoms with Crippen molar-refractivity contribution in [3.8, 4) is 0 Å². The molecule has 0 saturated carbocycles. The van der Waals surface area contributed by atoms with E-state index in [0.29, 0.717) is 13.0 Å². The normalized spacial score (nSPS) is 12.0. The zero-order valence-electron chi connectivity index (χ0n) is 10.8. The van der Waals surface area contributed by atoms with Gasteiger partial charge in [-0.1, -0.05) is 51.4 Å². The molecule has 0 aromatic rings. The fourth-order valence-corrected chi connectivity index (χ4v) is 1.89. The fourth-order valence-electron chi connectivity index (χ4n) is 1.89. The van der Waals surface area contributed by atoms with E-state index in [0.717, 1.165) is 25.7 Å². The van der Waals surface area contributed by atoms with Gasteiger partial charge >= 0.3 is 0 Å². The quantitative estimate of drug-likeness (QED) is 0.314. The Morgan fingerprint density at radius 1 is 0.529 bits per heavy atom. The first-order chi connectivity index (χ1) is 8.06. The van der Waals surface area contributed by atoms with Crippen LogP contribution in [0.4, 0.5) is 0 Å². The summed E-state index contributed by atoms with van der Waals surface area (Å²) in [5, 5.41) is 34.6. The molecule has 0 aromatic heterocycles. The van der Waals surface area contributed by atoms with E-state index in [1.807, 2.05) is 0 Å². The first-order valence-corrected chi connectivity index (χ1v) is 6.84. The monoisotopic (exact) mass is 248 g/mol. The predicted octanol–water partition coefficient (Wildman–Crippen LogP) is 1.90. The summed E-state index contributed by atoms with van der Waals surface area (Å²) in [6.07, 6.45) is 10.9. The number of unbranched alkanes of at least 4 members (excludes halogenated alkanes) is 9. The molecule has 0 saturated heterocycles. The third-order valence-electron chi connectivity index (χ3n) is 2.92. The molecular weight excluding hydrogens is 220 g/mol. The standard InChI is InChI=1S/C13H28O4/c14-12-10-8-6-4-2-1-3-5-7-9-11-13(15,16)17/h14-17H,1-12H2. The van der Waals surface area contributed by atoms with E-state index in [2.05, 4.69) is 0 Å². The van der Waals surface area contributed by atoms with E-state index in [-0.39, 0.29) is 6.42 Å². The van der Waals surface area contributed by atoms with Gasteiger partial charge in [0, 0.05) is 13.0 Å². The van der Waals surface area contributed by atoms with Crippen LogP contribution < -0.4 is 0 Å². The van der Waals surface area contributed by atoms with Gasteiger partial charge in [0.05, 0.1) is 0 Å². The van der Waals surface area contributed by atoms with Crippen LogP contribution in [0.5, 0.6) is 0 Å². The van der Waals surface area contributed by atoms with Gasteiger partial charge in [-0.25, -0.2) is 0 Å². The molecule has 17 heavy (non-hydrogen) atoms. The van der Waals surface area contributed by atoms with Crippen molar-refractivity contribution < 1.29 is 20.4 Å². The van der Waals surface area contributed by atoms with E-state index in [1.165, 1.54) is 32.1 Å². The van der Waals surface area contributed by atoms with Crippen LogP contribution in [0.25, 0.3) is 0 Å². The van der Waals surface area contributed by atoms with Crippen LogP contribution in [0.2, 0.25) is 0 Å². The van der Waals surface area contributed by atoms with Gasteiger partial charge in [-0.05, 0) is 12.8 Å². The zero-order valence-corrected chi connectivity index (χ0v) is 10.8. The molecular formula is C13H28O4. The molecule has 0 aromatic carbocycles. The zero-order chi connectivity index (χ0) is 13.0. The van der Waals surface area contributed by atoms with E-state index < -0.39 is 5.97 Å². The number of aliphatic hydroxyl groups is 4. The third-order valence-corrected chi connectivity index (χ3v) is 2.92. The number of aliphatic hydroxyl groups excluding tert-OH is 1. The highest BCUT2D eigenvalue weighted by Gasteiger charge is 2.16. The molecule has 0 aliphatic heterocycles. The van der Waals surface area contributed by atoms with Gasteiger partial charge in [0.15, 0.2) is 0 Å². The molecule has 0 heterocycles. The van der Waals surface area contributed by atoms with Gasteiger partial charge in [0.2, 0.25) is 0 Å². The Bertz CT molecular complexity index is 154. The highest BCUT2D eigenvalue weighted by molar-refractivity contribution is 4.51. The summed E-state index contributed by atoms with van der Waals surface area (Å²) in [5.41, 5.74) is 0. The summed E-state index contributed by atoms with van der Waals surface area (Å²) < 4.78 is 0. The second-order valence-corrected chi connectivity index (χ2v) is 4.78. The van der Waals surface area contributed by atoms with E-state index in [1.54, 1.807) is 0 Å². The molecule has 0 fully saturated rings. The lowest BCUT2D eigenvalue weighted by Gasteiger charge is -2.12. The van der Waals surface area contributed by atoms with Crippen molar-refractivity contribution in [1.29, 1.82) is 0 Å². The lowest BCUT2D eigenvalue weighted by molar-refractivity contribution is -0.315. The highest BCUT2D eigenvalue weighted by atomic mass is 16.7. The van der Waals surface area contributed by atoms with E-state index in [9.17, 15) is 0 Å².